The Hall–Kier alpha value is -0.0900. The fourth-order valence-electron chi connectivity index (χ4n) is 2.02. The van der Waals surface area contributed by atoms with E-state index in [1.54, 1.807) is 0 Å². The van der Waals surface area contributed by atoms with Gasteiger partial charge in [-0.2, -0.15) is 0 Å². The molecule has 1 fully saturated rings. The highest BCUT2D eigenvalue weighted by Crippen LogP contribution is 2.24. The molecule has 3 nitrogen and oxygen atoms in total. The van der Waals surface area contributed by atoms with Crippen LogP contribution in [-0.4, -0.2) is 25.5 Å². The van der Waals surface area contributed by atoms with Crippen molar-refractivity contribution in [1.82, 2.24) is 0 Å². The summed E-state index contributed by atoms with van der Waals surface area (Å²) in [5, 5.41) is -0.115. The molecule has 1 aliphatic carbocycles. The first-order valence-electron chi connectivity index (χ1n) is 5.90. The average molecular weight is 233 g/mol. The summed E-state index contributed by atoms with van der Waals surface area (Å²) in [6.07, 6.45) is 4.98. The Kier molecular flexibility index (Phi) is 4.59. The molecule has 0 aromatic heterocycles. The van der Waals surface area contributed by atoms with Gasteiger partial charge in [-0.25, -0.2) is 8.42 Å². The first-order valence-corrected chi connectivity index (χ1v) is 7.62. The second kappa shape index (κ2) is 5.30. The van der Waals surface area contributed by atoms with Crippen LogP contribution in [0.1, 0.15) is 46.0 Å². The Labute approximate surface area is 93.3 Å². The van der Waals surface area contributed by atoms with Crippen LogP contribution in [0.15, 0.2) is 0 Å². The molecule has 0 saturated heterocycles. The van der Waals surface area contributed by atoms with Crippen LogP contribution in [0.4, 0.5) is 0 Å². The second-order valence-corrected chi connectivity index (χ2v) is 7.32. The van der Waals surface area contributed by atoms with Crippen molar-refractivity contribution in [2.75, 3.05) is 5.75 Å². The summed E-state index contributed by atoms with van der Waals surface area (Å²) in [4.78, 5) is 0. The van der Waals surface area contributed by atoms with Gasteiger partial charge in [0.15, 0.2) is 9.84 Å². The molecule has 0 aliphatic heterocycles. The molecule has 0 amide bonds. The zero-order valence-corrected chi connectivity index (χ0v) is 10.6. The van der Waals surface area contributed by atoms with Crippen molar-refractivity contribution in [3.63, 3.8) is 0 Å². The third-order valence-electron chi connectivity index (χ3n) is 3.34. The molecule has 15 heavy (non-hydrogen) atoms. The maximum absolute atomic E-state index is 12.0. The van der Waals surface area contributed by atoms with Crippen molar-refractivity contribution in [1.29, 1.82) is 0 Å². The van der Waals surface area contributed by atoms with Crippen molar-refractivity contribution in [2.45, 2.75) is 57.2 Å². The van der Waals surface area contributed by atoms with Gasteiger partial charge in [0.1, 0.15) is 0 Å². The highest BCUT2D eigenvalue weighted by Gasteiger charge is 2.29. The molecule has 0 bridgehead atoms. The fraction of sp³-hybridized carbons (Fsp3) is 1.00. The molecule has 1 aliphatic rings. The van der Waals surface area contributed by atoms with Crippen LogP contribution in [0.25, 0.3) is 0 Å². The molecular weight excluding hydrogens is 210 g/mol. The van der Waals surface area contributed by atoms with Gasteiger partial charge in [-0.15, -0.1) is 0 Å². The number of nitrogens with two attached hydrogens (primary N) is 1. The van der Waals surface area contributed by atoms with Crippen molar-refractivity contribution >= 4 is 9.84 Å². The van der Waals surface area contributed by atoms with Crippen LogP contribution >= 0.6 is 0 Å². The molecule has 1 rings (SSSR count). The summed E-state index contributed by atoms with van der Waals surface area (Å²) < 4.78 is 24.0. The van der Waals surface area contributed by atoms with Gasteiger partial charge >= 0.3 is 0 Å². The molecule has 1 unspecified atom stereocenters. The molecule has 0 heterocycles. The lowest BCUT2D eigenvalue weighted by Gasteiger charge is -2.24. The first kappa shape index (κ1) is 13.0. The Bertz CT molecular complexity index is 279. The first-order chi connectivity index (χ1) is 6.93. The molecule has 0 aromatic carbocycles. The van der Waals surface area contributed by atoms with Crippen LogP contribution in [-0.2, 0) is 9.84 Å². The highest BCUT2D eigenvalue weighted by atomic mass is 32.2. The van der Waals surface area contributed by atoms with Crippen molar-refractivity contribution < 1.29 is 8.42 Å². The van der Waals surface area contributed by atoms with Crippen LogP contribution in [0.3, 0.4) is 0 Å². The number of sulfone groups is 1. The number of rotatable bonds is 4. The van der Waals surface area contributed by atoms with E-state index in [0.717, 1.165) is 25.7 Å². The van der Waals surface area contributed by atoms with Crippen LogP contribution in [0.2, 0.25) is 0 Å². The summed E-state index contributed by atoms with van der Waals surface area (Å²) in [5.41, 5.74) is 5.83. The quantitative estimate of drug-likeness (QED) is 0.804. The lowest BCUT2D eigenvalue weighted by molar-refractivity contribution is 0.471. The maximum Gasteiger partial charge on any atom is 0.154 e. The van der Waals surface area contributed by atoms with E-state index < -0.39 is 9.84 Å². The standard InChI is InChI=1S/C11H23NO2S/c1-9(2)11(12)8-15(13,14)10-6-4-3-5-7-10/h9-11H,3-8,12H2,1-2H3. The van der Waals surface area contributed by atoms with E-state index in [9.17, 15) is 8.42 Å². The van der Waals surface area contributed by atoms with Crippen molar-refractivity contribution in [3.8, 4) is 0 Å². The third kappa shape index (κ3) is 3.76. The monoisotopic (exact) mass is 233 g/mol. The van der Waals surface area contributed by atoms with Gasteiger partial charge < -0.3 is 5.73 Å². The third-order valence-corrected chi connectivity index (χ3v) is 5.68. The summed E-state index contributed by atoms with van der Waals surface area (Å²) in [5.74, 6) is 0.401. The largest absolute Gasteiger partial charge is 0.327 e. The zero-order chi connectivity index (χ0) is 11.5. The molecule has 1 saturated carbocycles. The second-order valence-electron chi connectivity index (χ2n) is 5.00. The zero-order valence-electron chi connectivity index (χ0n) is 9.78. The van der Waals surface area contributed by atoms with Crippen molar-refractivity contribution in [2.24, 2.45) is 11.7 Å². The number of hydrogen-bond acceptors (Lipinski definition) is 3. The molecule has 0 radical (unpaired) electrons. The minimum absolute atomic E-state index is 0.115. The molecular formula is C11H23NO2S. The Morgan fingerprint density at radius 1 is 1.20 bits per heavy atom. The molecule has 2 N–H and O–H groups in total. The van der Waals surface area contributed by atoms with Crippen LogP contribution < -0.4 is 5.73 Å². The van der Waals surface area contributed by atoms with E-state index in [2.05, 4.69) is 0 Å². The Morgan fingerprint density at radius 3 is 2.20 bits per heavy atom. The fourth-order valence-corrected chi connectivity index (χ4v) is 4.27. The predicted octanol–water partition coefficient (Wildman–Crippen LogP) is 1.72. The highest BCUT2D eigenvalue weighted by molar-refractivity contribution is 7.92. The van der Waals surface area contributed by atoms with Gasteiger partial charge in [-0.1, -0.05) is 33.1 Å². The summed E-state index contributed by atoms with van der Waals surface area (Å²) in [6.45, 7) is 3.95. The van der Waals surface area contributed by atoms with Crippen LogP contribution in [0, 0.1) is 5.92 Å². The van der Waals surface area contributed by atoms with Crippen molar-refractivity contribution in [3.05, 3.63) is 0 Å². The minimum Gasteiger partial charge on any atom is -0.327 e. The predicted molar refractivity (Wildman–Crippen MR) is 63.5 cm³/mol. The van der Waals surface area contributed by atoms with Gasteiger partial charge in [-0.3, -0.25) is 0 Å². The molecule has 4 heteroatoms. The lowest BCUT2D eigenvalue weighted by Crippen LogP contribution is -2.38. The molecule has 1 atom stereocenters. The Balaban J connectivity index is 2.57. The maximum atomic E-state index is 12.0. The molecule has 0 spiro atoms. The SMILES string of the molecule is CC(C)C(N)CS(=O)(=O)C1CCCCC1. The van der Waals surface area contributed by atoms with Gasteiger partial charge in [0.25, 0.3) is 0 Å². The van der Waals surface area contributed by atoms with E-state index in [-0.39, 0.29) is 23.0 Å². The summed E-state index contributed by atoms with van der Waals surface area (Å²) >= 11 is 0. The van der Waals surface area contributed by atoms with Gasteiger partial charge in [0.05, 0.1) is 11.0 Å². The van der Waals surface area contributed by atoms with E-state index in [1.165, 1.54) is 6.42 Å². The minimum atomic E-state index is -2.95. The summed E-state index contributed by atoms with van der Waals surface area (Å²) in [6, 6.07) is -0.211. The van der Waals surface area contributed by atoms with E-state index in [4.69, 9.17) is 5.73 Å². The van der Waals surface area contributed by atoms with Gasteiger partial charge in [-0.05, 0) is 18.8 Å². The van der Waals surface area contributed by atoms with E-state index in [0.29, 0.717) is 0 Å². The normalized spacial score (nSPS) is 21.9. The van der Waals surface area contributed by atoms with E-state index in [1.807, 2.05) is 13.8 Å². The van der Waals surface area contributed by atoms with Gasteiger partial charge in [0.2, 0.25) is 0 Å². The summed E-state index contributed by atoms with van der Waals surface area (Å²) in [7, 11) is -2.95. The van der Waals surface area contributed by atoms with Gasteiger partial charge in [0, 0.05) is 6.04 Å². The average Bonchev–Trinajstić information content (AvgIpc) is 2.18. The molecule has 90 valence electrons. The molecule has 0 aromatic rings. The van der Waals surface area contributed by atoms with E-state index >= 15 is 0 Å². The van der Waals surface area contributed by atoms with Crippen LogP contribution in [0.5, 0.6) is 0 Å². The Morgan fingerprint density at radius 2 is 1.73 bits per heavy atom. The smallest absolute Gasteiger partial charge is 0.154 e. The number of hydrogen-bond donors (Lipinski definition) is 1. The topological polar surface area (TPSA) is 60.2 Å². The lowest BCUT2D eigenvalue weighted by atomic mass is 10.0.